The Balaban J connectivity index is 2.19. The number of aromatic amines is 1. The molecule has 3 nitrogen and oxygen atoms in total. The summed E-state index contributed by atoms with van der Waals surface area (Å²) in [6, 6.07) is 5.83. The third-order valence-electron chi connectivity index (χ3n) is 2.69. The molecule has 0 spiro atoms. The smallest absolute Gasteiger partial charge is 0.161 e. The number of nitrogens with one attached hydrogen (secondary N) is 1. The van der Waals surface area contributed by atoms with Crippen molar-refractivity contribution in [3.05, 3.63) is 47.8 Å². The summed E-state index contributed by atoms with van der Waals surface area (Å²) in [6.07, 6.45) is 1.67. The maximum absolute atomic E-state index is 13.1. The van der Waals surface area contributed by atoms with E-state index in [1.807, 2.05) is 13.0 Å². The number of hydrogen-bond donors (Lipinski definition) is 1. The van der Waals surface area contributed by atoms with Crippen LogP contribution < -0.4 is 0 Å². The number of aromatic nitrogens is 3. The van der Waals surface area contributed by atoms with E-state index in [1.54, 1.807) is 12.3 Å². The Hall–Kier alpha value is -2.30. The number of pyridine rings is 1. The van der Waals surface area contributed by atoms with Gasteiger partial charge in [-0.2, -0.15) is 0 Å². The summed E-state index contributed by atoms with van der Waals surface area (Å²) in [7, 11) is 0. The van der Waals surface area contributed by atoms with Crippen LogP contribution in [0, 0.1) is 18.6 Å². The van der Waals surface area contributed by atoms with Gasteiger partial charge in [0.2, 0.25) is 0 Å². The highest BCUT2D eigenvalue weighted by atomic mass is 19.2. The van der Waals surface area contributed by atoms with Crippen LogP contribution in [0.4, 0.5) is 8.78 Å². The number of H-pyrrole nitrogens is 1. The Labute approximate surface area is 102 Å². The van der Waals surface area contributed by atoms with E-state index in [4.69, 9.17) is 0 Å². The van der Waals surface area contributed by atoms with E-state index in [0.29, 0.717) is 16.9 Å². The largest absolute Gasteiger partial charge is 0.338 e. The predicted molar refractivity (Wildman–Crippen MR) is 64.0 cm³/mol. The van der Waals surface area contributed by atoms with Crippen LogP contribution in [-0.4, -0.2) is 15.0 Å². The minimum atomic E-state index is -0.897. The molecule has 0 amide bonds. The second kappa shape index (κ2) is 3.87. The maximum Gasteiger partial charge on any atom is 0.161 e. The summed E-state index contributed by atoms with van der Waals surface area (Å²) in [5, 5.41) is 0. The van der Waals surface area contributed by atoms with E-state index in [2.05, 4.69) is 15.0 Å². The molecule has 0 radical (unpaired) electrons. The average molecular weight is 245 g/mol. The van der Waals surface area contributed by atoms with Gasteiger partial charge in [0, 0.05) is 29.6 Å². The molecule has 0 saturated carbocycles. The van der Waals surface area contributed by atoms with Crippen molar-refractivity contribution in [2.24, 2.45) is 0 Å². The van der Waals surface area contributed by atoms with Crippen LogP contribution >= 0.6 is 0 Å². The van der Waals surface area contributed by atoms with Crippen molar-refractivity contribution in [3.8, 4) is 11.4 Å². The van der Waals surface area contributed by atoms with Crippen molar-refractivity contribution in [2.45, 2.75) is 6.92 Å². The summed E-state index contributed by atoms with van der Waals surface area (Å²) >= 11 is 0. The van der Waals surface area contributed by atoms with Crippen molar-refractivity contribution in [1.29, 1.82) is 0 Å². The van der Waals surface area contributed by atoms with Crippen LogP contribution in [0.15, 0.2) is 30.5 Å². The summed E-state index contributed by atoms with van der Waals surface area (Å²) in [4.78, 5) is 11.3. The quantitative estimate of drug-likeness (QED) is 0.715. The van der Waals surface area contributed by atoms with Crippen molar-refractivity contribution in [3.63, 3.8) is 0 Å². The fraction of sp³-hybridized carbons (Fsp3) is 0.0769. The Bertz CT molecular complexity index is 695. The van der Waals surface area contributed by atoms with Gasteiger partial charge in [-0.15, -0.1) is 0 Å². The zero-order chi connectivity index (χ0) is 12.7. The zero-order valence-electron chi connectivity index (χ0n) is 9.54. The molecule has 0 saturated heterocycles. The number of hydrogen-bond acceptors (Lipinski definition) is 2. The Morgan fingerprint density at radius 1 is 1.11 bits per heavy atom. The van der Waals surface area contributed by atoms with Gasteiger partial charge < -0.3 is 4.98 Å². The highest BCUT2D eigenvalue weighted by Gasteiger charge is 2.09. The van der Waals surface area contributed by atoms with Crippen LogP contribution in [0.1, 0.15) is 5.69 Å². The third-order valence-corrected chi connectivity index (χ3v) is 2.69. The minimum absolute atomic E-state index is 0.401. The fourth-order valence-corrected chi connectivity index (χ4v) is 1.83. The molecule has 3 rings (SSSR count). The number of halogens is 2. The molecule has 0 bridgehead atoms. The first-order valence-electron chi connectivity index (χ1n) is 5.41. The van der Waals surface area contributed by atoms with Crippen molar-refractivity contribution >= 4 is 11.0 Å². The van der Waals surface area contributed by atoms with Gasteiger partial charge in [0.15, 0.2) is 11.6 Å². The van der Waals surface area contributed by atoms with Crippen molar-refractivity contribution < 1.29 is 8.78 Å². The molecule has 0 aliphatic carbocycles. The molecular formula is C13H9F2N3. The minimum Gasteiger partial charge on any atom is -0.338 e. The van der Waals surface area contributed by atoms with Crippen molar-refractivity contribution in [2.75, 3.05) is 0 Å². The number of nitrogens with zero attached hydrogens (tertiary/aromatic N) is 2. The van der Waals surface area contributed by atoms with E-state index in [9.17, 15) is 8.78 Å². The molecule has 0 fully saturated rings. The number of aryl methyl sites for hydroxylation is 1. The van der Waals surface area contributed by atoms with Gasteiger partial charge in [-0.25, -0.2) is 13.8 Å². The van der Waals surface area contributed by atoms with Gasteiger partial charge in [0.1, 0.15) is 5.82 Å². The van der Waals surface area contributed by atoms with Gasteiger partial charge in [0.25, 0.3) is 0 Å². The fourth-order valence-electron chi connectivity index (χ4n) is 1.83. The van der Waals surface area contributed by atoms with Crippen LogP contribution in [0.25, 0.3) is 22.4 Å². The summed E-state index contributed by atoms with van der Waals surface area (Å²) in [5.41, 5.74) is 2.56. The maximum atomic E-state index is 13.1. The first kappa shape index (κ1) is 10.8. The Kier molecular flexibility index (Phi) is 2.33. The normalized spacial score (nSPS) is 11.1. The number of fused-ring (bicyclic) bond motifs is 1. The predicted octanol–water partition coefficient (Wildman–Crippen LogP) is 3.21. The van der Waals surface area contributed by atoms with Gasteiger partial charge in [0.05, 0.1) is 11.0 Å². The molecule has 0 unspecified atom stereocenters. The molecule has 0 aliphatic heterocycles. The first-order chi connectivity index (χ1) is 8.63. The molecular weight excluding hydrogens is 236 g/mol. The van der Waals surface area contributed by atoms with Gasteiger partial charge in [-0.1, -0.05) is 0 Å². The van der Waals surface area contributed by atoms with E-state index in [1.165, 1.54) is 0 Å². The highest BCUT2D eigenvalue weighted by molar-refractivity contribution is 5.79. The third kappa shape index (κ3) is 1.73. The molecule has 90 valence electrons. The molecule has 1 aromatic carbocycles. The van der Waals surface area contributed by atoms with E-state index >= 15 is 0 Å². The lowest BCUT2D eigenvalue weighted by molar-refractivity contribution is 0.510. The molecule has 0 atom stereocenters. The van der Waals surface area contributed by atoms with E-state index in [-0.39, 0.29) is 0 Å². The standard InChI is InChI=1S/C13H9F2N3/c1-7-4-8(2-3-16-7)13-17-11-5-9(14)10(15)6-12(11)18-13/h2-6H,1H3,(H,17,18). The lowest BCUT2D eigenvalue weighted by Gasteiger charge is -1.96. The molecule has 18 heavy (non-hydrogen) atoms. The molecule has 1 N–H and O–H groups in total. The van der Waals surface area contributed by atoms with Crippen LogP contribution in [0.5, 0.6) is 0 Å². The SMILES string of the molecule is Cc1cc(-c2nc3cc(F)c(F)cc3[nH]2)ccn1. The lowest BCUT2D eigenvalue weighted by Crippen LogP contribution is -1.84. The number of benzene rings is 1. The van der Waals surface area contributed by atoms with Crippen LogP contribution in [-0.2, 0) is 0 Å². The van der Waals surface area contributed by atoms with Gasteiger partial charge in [-0.05, 0) is 19.1 Å². The second-order valence-corrected chi connectivity index (χ2v) is 4.05. The van der Waals surface area contributed by atoms with E-state index in [0.717, 1.165) is 23.4 Å². The van der Waals surface area contributed by atoms with Gasteiger partial charge in [-0.3, -0.25) is 4.98 Å². The first-order valence-corrected chi connectivity index (χ1v) is 5.41. The van der Waals surface area contributed by atoms with Crippen LogP contribution in [0.2, 0.25) is 0 Å². The Morgan fingerprint density at radius 3 is 2.67 bits per heavy atom. The summed E-state index contributed by atoms with van der Waals surface area (Å²) < 4.78 is 26.2. The molecule has 2 heterocycles. The van der Waals surface area contributed by atoms with Crippen molar-refractivity contribution in [1.82, 2.24) is 15.0 Å². The molecule has 3 aromatic rings. The average Bonchev–Trinajstić information content (AvgIpc) is 2.73. The Morgan fingerprint density at radius 2 is 1.89 bits per heavy atom. The van der Waals surface area contributed by atoms with Gasteiger partial charge >= 0.3 is 0 Å². The summed E-state index contributed by atoms with van der Waals surface area (Å²) in [6.45, 7) is 1.87. The number of rotatable bonds is 1. The van der Waals surface area contributed by atoms with E-state index < -0.39 is 11.6 Å². The molecule has 5 heteroatoms. The van der Waals surface area contributed by atoms with Crippen LogP contribution in [0.3, 0.4) is 0 Å². The monoisotopic (exact) mass is 245 g/mol. The molecule has 2 aromatic heterocycles. The summed E-state index contributed by atoms with van der Waals surface area (Å²) in [5.74, 6) is -1.21. The second-order valence-electron chi connectivity index (χ2n) is 4.05. The highest BCUT2D eigenvalue weighted by Crippen LogP contribution is 2.22. The lowest BCUT2D eigenvalue weighted by atomic mass is 10.2. The topological polar surface area (TPSA) is 41.6 Å². The molecule has 0 aliphatic rings. The zero-order valence-corrected chi connectivity index (χ0v) is 9.54. The number of imidazole rings is 1.